The van der Waals surface area contributed by atoms with Crippen LogP contribution in [0.3, 0.4) is 0 Å². The molecule has 1 aliphatic carbocycles. The summed E-state index contributed by atoms with van der Waals surface area (Å²) < 4.78 is 5.72. The predicted octanol–water partition coefficient (Wildman–Crippen LogP) is 1.34. The molecule has 1 aromatic heterocycles. The fourth-order valence-electron chi connectivity index (χ4n) is 1.69. The van der Waals surface area contributed by atoms with Crippen LogP contribution < -0.4 is 10.5 Å². The van der Waals surface area contributed by atoms with E-state index in [2.05, 4.69) is 4.98 Å². The minimum atomic E-state index is 0.197. The molecule has 0 saturated heterocycles. The van der Waals surface area contributed by atoms with Crippen LogP contribution in [0.15, 0.2) is 24.5 Å². The molecule has 70 valence electrons. The standard InChI is InChI=1S/C10H14N2O/c11-9-2-1-3-10(9)13-8-4-6-12-7-5-8/h4-7,9-10H,1-3,11H2. The molecule has 0 amide bonds. The zero-order valence-electron chi connectivity index (χ0n) is 7.52. The number of hydrogen-bond donors (Lipinski definition) is 1. The fraction of sp³-hybridized carbons (Fsp3) is 0.500. The van der Waals surface area contributed by atoms with Crippen LogP contribution in [0.1, 0.15) is 19.3 Å². The monoisotopic (exact) mass is 178 g/mol. The summed E-state index contributed by atoms with van der Waals surface area (Å²) in [5.74, 6) is 0.873. The van der Waals surface area contributed by atoms with Gasteiger partial charge in [0.05, 0.1) is 0 Å². The Morgan fingerprint density at radius 3 is 2.69 bits per heavy atom. The van der Waals surface area contributed by atoms with Gasteiger partial charge in [0.25, 0.3) is 0 Å². The highest BCUT2D eigenvalue weighted by Crippen LogP contribution is 2.22. The van der Waals surface area contributed by atoms with Gasteiger partial charge in [-0.05, 0) is 31.4 Å². The molecule has 1 aliphatic rings. The van der Waals surface area contributed by atoms with E-state index < -0.39 is 0 Å². The zero-order valence-corrected chi connectivity index (χ0v) is 7.52. The van der Waals surface area contributed by atoms with Crippen molar-refractivity contribution in [2.45, 2.75) is 31.4 Å². The van der Waals surface area contributed by atoms with Gasteiger partial charge < -0.3 is 10.5 Å². The van der Waals surface area contributed by atoms with E-state index in [4.69, 9.17) is 10.5 Å². The number of aromatic nitrogens is 1. The molecule has 1 saturated carbocycles. The Bertz CT molecular complexity index is 263. The first kappa shape index (κ1) is 8.51. The molecule has 3 heteroatoms. The van der Waals surface area contributed by atoms with Crippen molar-refractivity contribution in [1.29, 1.82) is 0 Å². The van der Waals surface area contributed by atoms with Crippen molar-refractivity contribution < 1.29 is 4.74 Å². The van der Waals surface area contributed by atoms with Crippen molar-refractivity contribution in [1.82, 2.24) is 4.98 Å². The molecule has 0 spiro atoms. The highest BCUT2D eigenvalue weighted by atomic mass is 16.5. The summed E-state index contributed by atoms with van der Waals surface area (Å²) in [6, 6.07) is 3.93. The first-order chi connectivity index (χ1) is 6.36. The van der Waals surface area contributed by atoms with Gasteiger partial charge in [-0.25, -0.2) is 0 Å². The third kappa shape index (κ3) is 1.98. The van der Waals surface area contributed by atoms with E-state index >= 15 is 0 Å². The second-order valence-electron chi connectivity index (χ2n) is 3.43. The lowest BCUT2D eigenvalue weighted by Crippen LogP contribution is -2.33. The van der Waals surface area contributed by atoms with E-state index in [1.165, 1.54) is 6.42 Å². The van der Waals surface area contributed by atoms with E-state index in [9.17, 15) is 0 Å². The average molecular weight is 178 g/mol. The first-order valence-corrected chi connectivity index (χ1v) is 4.68. The van der Waals surface area contributed by atoms with Gasteiger partial charge in [0.15, 0.2) is 0 Å². The van der Waals surface area contributed by atoms with Crippen LogP contribution in [-0.4, -0.2) is 17.1 Å². The number of hydrogen-bond acceptors (Lipinski definition) is 3. The SMILES string of the molecule is NC1CCCC1Oc1ccncc1. The van der Waals surface area contributed by atoms with Gasteiger partial charge in [-0.15, -0.1) is 0 Å². The lowest BCUT2D eigenvalue weighted by atomic mass is 10.2. The van der Waals surface area contributed by atoms with E-state index in [-0.39, 0.29) is 12.1 Å². The molecular formula is C10H14N2O. The molecular weight excluding hydrogens is 164 g/mol. The van der Waals surface area contributed by atoms with Gasteiger partial charge in [0.2, 0.25) is 0 Å². The molecule has 0 aromatic carbocycles. The maximum atomic E-state index is 5.89. The van der Waals surface area contributed by atoms with Gasteiger partial charge in [0.1, 0.15) is 11.9 Å². The minimum Gasteiger partial charge on any atom is -0.489 e. The Morgan fingerprint density at radius 1 is 1.31 bits per heavy atom. The second kappa shape index (κ2) is 3.75. The predicted molar refractivity (Wildman–Crippen MR) is 50.5 cm³/mol. The van der Waals surface area contributed by atoms with Gasteiger partial charge in [-0.2, -0.15) is 0 Å². The highest BCUT2D eigenvalue weighted by Gasteiger charge is 2.25. The van der Waals surface area contributed by atoms with Crippen molar-refractivity contribution in [2.24, 2.45) is 5.73 Å². The molecule has 1 fully saturated rings. The van der Waals surface area contributed by atoms with E-state index in [1.54, 1.807) is 12.4 Å². The summed E-state index contributed by atoms with van der Waals surface area (Å²) in [4.78, 5) is 3.93. The summed E-state index contributed by atoms with van der Waals surface area (Å²) in [5, 5.41) is 0. The lowest BCUT2D eigenvalue weighted by Gasteiger charge is -2.17. The molecule has 1 aromatic rings. The first-order valence-electron chi connectivity index (χ1n) is 4.68. The maximum Gasteiger partial charge on any atom is 0.122 e. The third-order valence-corrected chi connectivity index (χ3v) is 2.44. The summed E-state index contributed by atoms with van der Waals surface area (Å²) in [6.07, 6.45) is 6.99. The Balaban J connectivity index is 1.98. The number of ether oxygens (including phenoxy) is 1. The fourth-order valence-corrected chi connectivity index (χ4v) is 1.69. The third-order valence-electron chi connectivity index (χ3n) is 2.44. The summed E-state index contributed by atoms with van der Waals surface area (Å²) in [6.45, 7) is 0. The van der Waals surface area contributed by atoms with E-state index in [1.807, 2.05) is 12.1 Å². The Hall–Kier alpha value is -1.09. The van der Waals surface area contributed by atoms with Crippen LogP contribution in [0.2, 0.25) is 0 Å². The molecule has 0 aliphatic heterocycles. The van der Waals surface area contributed by atoms with Crippen LogP contribution in [0.25, 0.3) is 0 Å². The Kier molecular flexibility index (Phi) is 2.45. The van der Waals surface area contributed by atoms with Gasteiger partial charge in [-0.1, -0.05) is 0 Å². The van der Waals surface area contributed by atoms with Crippen molar-refractivity contribution >= 4 is 0 Å². The maximum absolute atomic E-state index is 5.89. The Morgan fingerprint density at radius 2 is 2.08 bits per heavy atom. The summed E-state index contributed by atoms with van der Waals surface area (Å²) in [7, 11) is 0. The van der Waals surface area contributed by atoms with Crippen molar-refractivity contribution in [2.75, 3.05) is 0 Å². The molecule has 2 rings (SSSR count). The minimum absolute atomic E-state index is 0.197. The number of pyridine rings is 1. The lowest BCUT2D eigenvalue weighted by molar-refractivity contribution is 0.191. The molecule has 2 N–H and O–H groups in total. The van der Waals surface area contributed by atoms with Gasteiger partial charge in [-0.3, -0.25) is 4.98 Å². The number of rotatable bonds is 2. The highest BCUT2D eigenvalue weighted by molar-refractivity contribution is 5.17. The smallest absolute Gasteiger partial charge is 0.122 e. The molecule has 1 heterocycles. The van der Waals surface area contributed by atoms with Crippen molar-refractivity contribution in [3.05, 3.63) is 24.5 Å². The average Bonchev–Trinajstić information content (AvgIpc) is 2.54. The van der Waals surface area contributed by atoms with Crippen LogP contribution in [-0.2, 0) is 0 Å². The number of nitrogens with zero attached hydrogens (tertiary/aromatic N) is 1. The normalized spacial score (nSPS) is 27.5. The molecule has 0 bridgehead atoms. The van der Waals surface area contributed by atoms with Gasteiger partial charge in [0, 0.05) is 18.4 Å². The quantitative estimate of drug-likeness (QED) is 0.743. The zero-order chi connectivity index (χ0) is 9.10. The molecule has 3 nitrogen and oxygen atoms in total. The van der Waals surface area contributed by atoms with Crippen LogP contribution in [0, 0.1) is 0 Å². The summed E-state index contributed by atoms with van der Waals surface area (Å²) >= 11 is 0. The second-order valence-corrected chi connectivity index (χ2v) is 3.43. The summed E-state index contributed by atoms with van der Waals surface area (Å²) in [5.41, 5.74) is 5.89. The van der Waals surface area contributed by atoms with Crippen LogP contribution in [0.5, 0.6) is 5.75 Å². The van der Waals surface area contributed by atoms with Crippen molar-refractivity contribution in [3.63, 3.8) is 0 Å². The van der Waals surface area contributed by atoms with Crippen molar-refractivity contribution in [3.8, 4) is 5.75 Å². The molecule has 2 unspecified atom stereocenters. The molecule has 13 heavy (non-hydrogen) atoms. The van der Waals surface area contributed by atoms with Gasteiger partial charge >= 0.3 is 0 Å². The van der Waals surface area contributed by atoms with E-state index in [0.29, 0.717) is 0 Å². The molecule has 0 radical (unpaired) electrons. The number of nitrogens with two attached hydrogens (primary N) is 1. The topological polar surface area (TPSA) is 48.1 Å². The Labute approximate surface area is 77.9 Å². The largest absolute Gasteiger partial charge is 0.489 e. The van der Waals surface area contributed by atoms with Crippen LogP contribution >= 0.6 is 0 Å². The van der Waals surface area contributed by atoms with Crippen LogP contribution in [0.4, 0.5) is 0 Å². The molecule has 2 atom stereocenters. The van der Waals surface area contributed by atoms with E-state index in [0.717, 1.165) is 18.6 Å².